The molecule has 0 aromatic carbocycles. The van der Waals surface area contributed by atoms with Crippen LogP contribution in [0.3, 0.4) is 0 Å². The van der Waals surface area contributed by atoms with E-state index < -0.39 is 21.7 Å². The third-order valence-electron chi connectivity index (χ3n) is 2.26. The van der Waals surface area contributed by atoms with Gasteiger partial charge in [-0.1, -0.05) is 27.2 Å². The second-order valence-electron chi connectivity index (χ2n) is 3.61. The van der Waals surface area contributed by atoms with Gasteiger partial charge < -0.3 is 5.11 Å². The minimum absolute atomic E-state index is 0.244. The van der Waals surface area contributed by atoms with Crippen LogP contribution < -0.4 is 0 Å². The molecule has 15 heavy (non-hydrogen) atoms. The highest BCUT2D eigenvalue weighted by atomic mass is 32.2. The lowest BCUT2D eigenvalue weighted by molar-refractivity contribution is -0.134. The van der Waals surface area contributed by atoms with Crippen LogP contribution in [0.5, 0.6) is 0 Å². The molecule has 0 fully saturated rings. The zero-order valence-electron chi connectivity index (χ0n) is 9.43. The average molecular weight is 237 g/mol. The van der Waals surface area contributed by atoms with Gasteiger partial charge >= 0.3 is 5.97 Å². The molecule has 0 saturated carbocycles. The van der Waals surface area contributed by atoms with Gasteiger partial charge in [-0.2, -0.15) is 0 Å². The van der Waals surface area contributed by atoms with Crippen molar-refractivity contribution in [3.63, 3.8) is 0 Å². The quantitative estimate of drug-likeness (QED) is 0.709. The second kappa shape index (κ2) is 6.07. The monoisotopic (exact) mass is 237 g/mol. The third-order valence-corrected chi connectivity index (χ3v) is 4.07. The average Bonchev–Trinajstić information content (AvgIpc) is 2.11. The first-order valence-electron chi connectivity index (χ1n) is 5.03. The summed E-state index contributed by atoms with van der Waals surface area (Å²) in [5, 5.41) is 8.48. The first-order valence-corrected chi connectivity index (χ1v) is 6.64. The maximum atomic E-state index is 11.6. The molecule has 0 rings (SSSR count). The molecule has 0 aliphatic carbocycles. The van der Waals surface area contributed by atoms with Crippen molar-refractivity contribution >= 4 is 16.0 Å². The zero-order valence-corrected chi connectivity index (χ0v) is 10.2. The highest BCUT2D eigenvalue weighted by Gasteiger charge is 2.24. The van der Waals surface area contributed by atoms with Crippen LogP contribution in [-0.4, -0.2) is 42.6 Å². The molecule has 0 radical (unpaired) electrons. The van der Waals surface area contributed by atoms with Gasteiger partial charge in [0.15, 0.2) is 5.75 Å². The van der Waals surface area contributed by atoms with Crippen LogP contribution in [-0.2, 0) is 14.8 Å². The minimum Gasteiger partial charge on any atom is -0.480 e. The molecule has 0 aliphatic heterocycles. The van der Waals surface area contributed by atoms with Crippen molar-refractivity contribution in [2.24, 2.45) is 5.92 Å². The van der Waals surface area contributed by atoms with Crippen molar-refractivity contribution in [1.82, 2.24) is 4.31 Å². The Hall–Kier alpha value is -0.620. The molecule has 0 bridgehead atoms. The van der Waals surface area contributed by atoms with Gasteiger partial charge in [-0.25, -0.2) is 12.7 Å². The first-order chi connectivity index (χ1) is 6.83. The largest absolute Gasteiger partial charge is 0.480 e. The van der Waals surface area contributed by atoms with E-state index in [2.05, 4.69) is 0 Å². The number of rotatable bonds is 7. The summed E-state index contributed by atoms with van der Waals surface area (Å²) < 4.78 is 24.4. The van der Waals surface area contributed by atoms with Crippen LogP contribution in [0.1, 0.15) is 27.2 Å². The Morgan fingerprint density at radius 1 is 1.40 bits per heavy atom. The highest BCUT2D eigenvalue weighted by molar-refractivity contribution is 7.89. The molecular formula is C9H19NO4S. The molecule has 5 nitrogen and oxygen atoms in total. The Labute approximate surface area is 91.1 Å². The van der Waals surface area contributed by atoms with E-state index in [0.717, 1.165) is 6.42 Å². The number of carboxylic acids is 1. The van der Waals surface area contributed by atoms with Gasteiger partial charge in [0, 0.05) is 13.1 Å². The molecule has 90 valence electrons. The van der Waals surface area contributed by atoms with Gasteiger partial charge in [-0.3, -0.25) is 4.79 Å². The van der Waals surface area contributed by atoms with Gasteiger partial charge in [0.05, 0.1) is 0 Å². The summed E-state index contributed by atoms with van der Waals surface area (Å²) in [5.74, 6) is -1.89. The van der Waals surface area contributed by atoms with Crippen LogP contribution in [0.15, 0.2) is 0 Å². The van der Waals surface area contributed by atoms with Crippen LogP contribution in [0.4, 0.5) is 0 Å². The molecule has 0 aromatic rings. The Kier molecular flexibility index (Phi) is 5.82. The fourth-order valence-electron chi connectivity index (χ4n) is 1.16. The summed E-state index contributed by atoms with van der Waals surface area (Å²) >= 11 is 0. The van der Waals surface area contributed by atoms with Gasteiger partial charge in [0.1, 0.15) is 0 Å². The van der Waals surface area contributed by atoms with Crippen LogP contribution in [0.2, 0.25) is 0 Å². The zero-order chi connectivity index (χ0) is 12.1. The summed E-state index contributed by atoms with van der Waals surface area (Å²) in [7, 11) is -3.64. The van der Waals surface area contributed by atoms with E-state index >= 15 is 0 Å². The van der Waals surface area contributed by atoms with Gasteiger partial charge in [0.25, 0.3) is 0 Å². The lowest BCUT2D eigenvalue weighted by atomic mass is 10.1. The number of nitrogens with zero attached hydrogens (tertiary/aromatic N) is 1. The van der Waals surface area contributed by atoms with E-state index in [4.69, 9.17) is 5.11 Å². The number of carboxylic acid groups (broad SMARTS) is 1. The molecule has 1 atom stereocenters. The lowest BCUT2D eigenvalue weighted by Gasteiger charge is -2.22. The number of aliphatic carboxylic acids is 1. The minimum atomic E-state index is -3.64. The fourth-order valence-corrected chi connectivity index (χ4v) is 2.53. The number of sulfonamides is 1. The van der Waals surface area contributed by atoms with Gasteiger partial charge in [-0.05, 0) is 5.92 Å². The molecule has 0 spiro atoms. The smallest absolute Gasteiger partial charge is 0.320 e. The summed E-state index contributed by atoms with van der Waals surface area (Å²) in [6.07, 6.45) is 0.874. The Bertz CT molecular complexity index is 299. The maximum absolute atomic E-state index is 11.6. The molecular weight excluding hydrogens is 218 g/mol. The maximum Gasteiger partial charge on any atom is 0.320 e. The number of hydrogen-bond acceptors (Lipinski definition) is 3. The van der Waals surface area contributed by atoms with E-state index in [-0.39, 0.29) is 5.92 Å². The van der Waals surface area contributed by atoms with Crippen molar-refractivity contribution in [1.29, 1.82) is 0 Å². The van der Waals surface area contributed by atoms with Crippen molar-refractivity contribution in [3.05, 3.63) is 0 Å². The Balaban J connectivity index is 4.58. The number of hydrogen-bond donors (Lipinski definition) is 1. The Morgan fingerprint density at radius 2 is 1.93 bits per heavy atom. The van der Waals surface area contributed by atoms with E-state index in [9.17, 15) is 13.2 Å². The van der Waals surface area contributed by atoms with Crippen molar-refractivity contribution < 1.29 is 18.3 Å². The predicted molar refractivity (Wildman–Crippen MR) is 58.1 cm³/mol. The van der Waals surface area contributed by atoms with Gasteiger partial charge in [-0.15, -0.1) is 0 Å². The van der Waals surface area contributed by atoms with Crippen LogP contribution >= 0.6 is 0 Å². The predicted octanol–water partition coefficient (Wildman–Crippen LogP) is 0.769. The summed E-state index contributed by atoms with van der Waals surface area (Å²) in [5.41, 5.74) is 0. The SMILES string of the molecule is CCC(C)CN(CC)S(=O)(=O)CC(=O)O. The summed E-state index contributed by atoms with van der Waals surface area (Å²) in [6, 6.07) is 0. The van der Waals surface area contributed by atoms with Crippen molar-refractivity contribution in [2.75, 3.05) is 18.8 Å². The third kappa shape index (κ3) is 5.13. The fraction of sp³-hybridized carbons (Fsp3) is 0.889. The van der Waals surface area contributed by atoms with E-state index in [1.807, 2.05) is 13.8 Å². The molecule has 0 saturated heterocycles. The van der Waals surface area contributed by atoms with Crippen LogP contribution in [0.25, 0.3) is 0 Å². The lowest BCUT2D eigenvalue weighted by Crippen LogP contribution is -2.38. The van der Waals surface area contributed by atoms with E-state index in [1.165, 1.54) is 4.31 Å². The van der Waals surface area contributed by atoms with E-state index in [0.29, 0.717) is 13.1 Å². The Morgan fingerprint density at radius 3 is 2.27 bits per heavy atom. The van der Waals surface area contributed by atoms with Crippen molar-refractivity contribution in [2.45, 2.75) is 27.2 Å². The molecule has 0 aromatic heterocycles. The normalized spacial score (nSPS) is 14.1. The van der Waals surface area contributed by atoms with E-state index in [1.54, 1.807) is 6.92 Å². The molecule has 0 aliphatic rings. The summed E-state index contributed by atoms with van der Waals surface area (Å²) in [4.78, 5) is 10.4. The second-order valence-corrected chi connectivity index (χ2v) is 5.58. The molecule has 6 heteroatoms. The molecule has 1 N–H and O–H groups in total. The number of carbonyl (C=O) groups is 1. The topological polar surface area (TPSA) is 74.7 Å². The van der Waals surface area contributed by atoms with Gasteiger partial charge in [0.2, 0.25) is 10.0 Å². The molecule has 0 heterocycles. The highest BCUT2D eigenvalue weighted by Crippen LogP contribution is 2.09. The molecule has 1 unspecified atom stereocenters. The summed E-state index contributed by atoms with van der Waals surface area (Å²) in [6.45, 7) is 6.34. The van der Waals surface area contributed by atoms with Crippen molar-refractivity contribution in [3.8, 4) is 0 Å². The first kappa shape index (κ1) is 14.4. The van der Waals surface area contributed by atoms with Crippen LogP contribution in [0, 0.1) is 5.92 Å². The molecule has 0 amide bonds. The standard InChI is InChI=1S/C9H19NO4S/c1-4-8(3)6-10(5-2)15(13,14)7-9(11)12/h8H,4-7H2,1-3H3,(H,11,12).